The van der Waals surface area contributed by atoms with Gasteiger partial charge in [-0.3, -0.25) is 4.21 Å². The Kier molecular flexibility index (Phi) is 10.1. The van der Waals surface area contributed by atoms with Gasteiger partial charge in [-0.05, 0) is 104 Å². The maximum atomic E-state index is 13.0. The zero-order valence-electron chi connectivity index (χ0n) is 25.8. The number of hydrogen-bond donors (Lipinski definition) is 3. The first-order valence-corrected chi connectivity index (χ1v) is 18.2. The van der Waals surface area contributed by atoms with Gasteiger partial charge in [0.25, 0.3) is 0 Å². The van der Waals surface area contributed by atoms with Crippen molar-refractivity contribution in [1.29, 1.82) is 0 Å². The van der Waals surface area contributed by atoms with Gasteiger partial charge in [-0.15, -0.1) is 0 Å². The lowest BCUT2D eigenvalue weighted by Crippen LogP contribution is -2.47. The summed E-state index contributed by atoms with van der Waals surface area (Å²) >= 11 is 0. The van der Waals surface area contributed by atoms with E-state index < -0.39 is 41.8 Å². The molecular weight excluding hydrogens is 599 g/mol. The minimum Gasteiger partial charge on any atom is -0.508 e. The van der Waals surface area contributed by atoms with Gasteiger partial charge in [-0.1, -0.05) is 51.5 Å². The first kappa shape index (κ1) is 34.1. The number of phenolic OH excluding ortho intramolecular Hbond substituents is 1. The molecule has 44 heavy (non-hydrogen) atoms. The first-order chi connectivity index (χ1) is 20.7. The second-order valence-electron chi connectivity index (χ2n) is 14.5. The number of aromatic hydroxyl groups is 1. The molecule has 5 rings (SSSR count). The van der Waals surface area contributed by atoms with Gasteiger partial charge in [0.15, 0.2) is 0 Å². The molecule has 0 bridgehead atoms. The van der Waals surface area contributed by atoms with Crippen molar-refractivity contribution in [2.24, 2.45) is 28.6 Å². The van der Waals surface area contributed by atoms with Gasteiger partial charge < -0.3 is 15.3 Å². The Morgan fingerprint density at radius 2 is 1.52 bits per heavy atom. The van der Waals surface area contributed by atoms with Gasteiger partial charge in [-0.25, -0.2) is 0 Å². The third-order valence-corrected chi connectivity index (χ3v) is 13.6. The van der Waals surface area contributed by atoms with E-state index in [1.165, 1.54) is 5.56 Å². The van der Waals surface area contributed by atoms with E-state index in [4.69, 9.17) is 0 Å². The van der Waals surface area contributed by atoms with Gasteiger partial charge in [-0.2, -0.15) is 22.0 Å². The number of halogens is 5. The number of rotatable bonds is 14. The quantitative estimate of drug-likeness (QED) is 0.140. The van der Waals surface area contributed by atoms with Crippen LogP contribution in [0.4, 0.5) is 22.0 Å². The molecule has 250 valence electrons. The lowest BCUT2D eigenvalue weighted by molar-refractivity contribution is -0.284. The zero-order valence-corrected chi connectivity index (χ0v) is 26.6. The third kappa shape index (κ3) is 6.47. The van der Waals surface area contributed by atoms with E-state index in [0.717, 1.165) is 82.6 Å². The second-order valence-corrected chi connectivity index (χ2v) is 16.2. The van der Waals surface area contributed by atoms with Crippen LogP contribution < -0.4 is 0 Å². The Balaban J connectivity index is 1.06. The highest BCUT2D eigenvalue weighted by Gasteiger charge is 2.71. The maximum Gasteiger partial charge on any atom is 0.453 e. The number of alkyl halides is 5. The molecule has 0 saturated heterocycles. The predicted molar refractivity (Wildman–Crippen MR) is 161 cm³/mol. The number of phenols is 1. The summed E-state index contributed by atoms with van der Waals surface area (Å²) in [5.74, 6) is -3.23. The smallest absolute Gasteiger partial charge is 0.453 e. The van der Waals surface area contributed by atoms with Crippen LogP contribution in [-0.2, 0) is 10.8 Å². The van der Waals surface area contributed by atoms with Crippen molar-refractivity contribution in [3.8, 4) is 5.75 Å². The number of unbranched alkanes of at least 4 members (excludes halogenated alkanes) is 6. The summed E-state index contributed by atoms with van der Waals surface area (Å²) in [6, 6.07) is 5.48. The lowest BCUT2D eigenvalue weighted by Gasteiger charge is -2.55. The molecule has 1 aromatic carbocycles. The molecule has 1 spiro atoms. The van der Waals surface area contributed by atoms with Gasteiger partial charge in [0.1, 0.15) is 5.75 Å². The molecule has 10 heteroatoms. The fraction of sp³-hybridized carbons (Fsp3) is 0.824. The minimum absolute atomic E-state index is 0.0573. The maximum absolute atomic E-state index is 13.0. The van der Waals surface area contributed by atoms with Crippen LogP contribution >= 0.6 is 0 Å². The molecule has 0 radical (unpaired) electrons. The highest BCUT2D eigenvalue weighted by molar-refractivity contribution is 7.84. The van der Waals surface area contributed by atoms with Crippen LogP contribution in [0, 0.1) is 28.6 Å². The van der Waals surface area contributed by atoms with Crippen LogP contribution in [-0.4, -0.2) is 49.2 Å². The van der Waals surface area contributed by atoms with Crippen LogP contribution in [0.3, 0.4) is 0 Å². The molecular formula is C34H49F5O4S. The van der Waals surface area contributed by atoms with E-state index in [-0.39, 0.29) is 34.4 Å². The van der Waals surface area contributed by atoms with Gasteiger partial charge >= 0.3 is 12.1 Å². The molecule has 8 atom stereocenters. The van der Waals surface area contributed by atoms with Gasteiger partial charge in [0, 0.05) is 34.1 Å². The summed E-state index contributed by atoms with van der Waals surface area (Å²) in [6.07, 6.45) is 4.43. The van der Waals surface area contributed by atoms with Crippen LogP contribution in [0.2, 0.25) is 0 Å². The Morgan fingerprint density at radius 1 is 0.886 bits per heavy atom. The Hall–Kier alpha value is -1.26. The van der Waals surface area contributed by atoms with Crippen molar-refractivity contribution in [3.63, 3.8) is 0 Å². The molecule has 3 N–H and O–H groups in total. The van der Waals surface area contributed by atoms with E-state index in [1.807, 2.05) is 6.07 Å². The highest BCUT2D eigenvalue weighted by Crippen LogP contribution is 2.76. The van der Waals surface area contributed by atoms with Crippen molar-refractivity contribution in [2.75, 3.05) is 11.5 Å². The minimum atomic E-state index is -5.56. The summed E-state index contributed by atoms with van der Waals surface area (Å²) in [5, 5.41) is 33.1. The molecule has 4 unspecified atom stereocenters. The number of aliphatic hydroxyl groups excluding tert-OH is 2. The Bertz CT molecular complexity index is 1170. The molecule has 4 aliphatic rings. The van der Waals surface area contributed by atoms with Crippen molar-refractivity contribution in [2.45, 2.75) is 133 Å². The largest absolute Gasteiger partial charge is 0.508 e. The van der Waals surface area contributed by atoms with Crippen molar-refractivity contribution in [1.82, 2.24) is 0 Å². The Labute approximate surface area is 260 Å². The zero-order chi connectivity index (χ0) is 31.9. The third-order valence-electron chi connectivity index (χ3n) is 12.1. The first-order valence-electron chi connectivity index (χ1n) is 16.7. The molecule has 3 fully saturated rings. The van der Waals surface area contributed by atoms with E-state index in [1.54, 1.807) is 12.1 Å². The topological polar surface area (TPSA) is 77.8 Å². The van der Waals surface area contributed by atoms with Crippen LogP contribution in [0.15, 0.2) is 18.2 Å². The summed E-state index contributed by atoms with van der Waals surface area (Å²) in [7, 11) is -1.38. The van der Waals surface area contributed by atoms with E-state index in [2.05, 4.69) is 6.92 Å². The van der Waals surface area contributed by atoms with Crippen LogP contribution in [0.1, 0.15) is 126 Å². The number of fused-ring (bicyclic) bond motifs is 6. The molecule has 3 saturated carbocycles. The molecule has 0 aliphatic heterocycles. The predicted octanol–water partition coefficient (Wildman–Crippen LogP) is 8.56. The molecule has 1 aromatic rings. The van der Waals surface area contributed by atoms with Crippen molar-refractivity contribution < 1.29 is 41.5 Å². The van der Waals surface area contributed by atoms with E-state index in [9.17, 15) is 41.5 Å². The SMILES string of the molecule is C[C@]12CCC3c4ccc(O)cc4[C@@H](O)[C@@H](CCCCCCCCCS(=O)CCCC(F)(F)C(F)(F)F)C3C1C[C@@H](O)C21CC1. The normalized spacial score (nSPS) is 33.1. The monoisotopic (exact) mass is 648 g/mol. The molecule has 0 amide bonds. The number of hydrogen-bond acceptors (Lipinski definition) is 4. The highest BCUT2D eigenvalue weighted by atomic mass is 32.2. The number of benzene rings is 1. The Morgan fingerprint density at radius 3 is 2.18 bits per heavy atom. The summed E-state index contributed by atoms with van der Waals surface area (Å²) in [5.41, 5.74) is 2.20. The lowest BCUT2D eigenvalue weighted by atomic mass is 9.50. The van der Waals surface area contributed by atoms with Gasteiger partial charge in [0.05, 0.1) is 12.2 Å². The van der Waals surface area contributed by atoms with Crippen LogP contribution in [0.5, 0.6) is 5.75 Å². The summed E-state index contributed by atoms with van der Waals surface area (Å²) < 4.78 is 74.7. The van der Waals surface area contributed by atoms with Crippen molar-refractivity contribution in [3.05, 3.63) is 29.3 Å². The van der Waals surface area contributed by atoms with E-state index >= 15 is 0 Å². The van der Waals surface area contributed by atoms with Crippen molar-refractivity contribution >= 4 is 10.8 Å². The molecule has 0 heterocycles. The summed E-state index contributed by atoms with van der Waals surface area (Å²) in [4.78, 5) is 0. The average Bonchev–Trinajstić information content (AvgIpc) is 3.74. The van der Waals surface area contributed by atoms with Gasteiger partial charge in [0.2, 0.25) is 0 Å². The fourth-order valence-corrected chi connectivity index (χ4v) is 10.8. The van der Waals surface area contributed by atoms with E-state index in [0.29, 0.717) is 29.9 Å². The molecule has 4 nitrogen and oxygen atoms in total. The average molecular weight is 649 g/mol. The second kappa shape index (κ2) is 13.1. The molecule has 4 aliphatic carbocycles. The number of aliphatic hydroxyl groups is 2. The fourth-order valence-electron chi connectivity index (χ4n) is 9.59. The standard InChI is InChI=1S/C34H49F5O4S/c1-31-15-13-24-23-12-11-22(40)20-26(23)30(42)25(29(24)27(31)21-28(41)32(31)16-17-32)10-7-5-3-2-4-6-8-18-44(43)19-9-14-33(35,36)34(37,38)39/h11-12,20,24-25,27-30,40-42H,2-10,13-19,21H2,1H3/t24?,25-,27?,28+,29?,30-,31-,44?/m0/s1. The van der Waals surface area contributed by atoms with Crippen LogP contribution in [0.25, 0.3) is 0 Å². The summed E-state index contributed by atoms with van der Waals surface area (Å²) in [6.45, 7) is 2.40. The molecule has 0 aromatic heterocycles.